The first-order valence-electron chi connectivity index (χ1n) is 8.02. The lowest BCUT2D eigenvalue weighted by Crippen LogP contribution is -2.49. The highest BCUT2D eigenvalue weighted by molar-refractivity contribution is 5.87. The van der Waals surface area contributed by atoms with Gasteiger partial charge in [0, 0.05) is 13.0 Å². The molecule has 1 rings (SSSR count). The highest BCUT2D eigenvalue weighted by Gasteiger charge is 2.34. The van der Waals surface area contributed by atoms with Crippen LogP contribution in [-0.2, 0) is 9.53 Å². The Morgan fingerprint density at radius 3 is 2.57 bits per heavy atom. The maximum Gasteiger partial charge on any atom is 0.410 e. The standard InChI is InChI=1S/C17H29NO3/c1-5-6-7-8-12-15(19)14-11-9-10-13-18(14)16(20)21-17(2,3)4/h6-7,14H,5,8-13H2,1-4H3/b7-6-/t14-/m1/s1. The van der Waals surface area contributed by atoms with Crippen LogP contribution in [-0.4, -0.2) is 35.0 Å². The summed E-state index contributed by atoms with van der Waals surface area (Å²) in [6.07, 6.45) is 8.70. The molecule has 1 atom stereocenters. The van der Waals surface area contributed by atoms with Crippen molar-refractivity contribution in [1.29, 1.82) is 0 Å². The number of hydrogen-bond acceptors (Lipinski definition) is 3. The lowest BCUT2D eigenvalue weighted by Gasteiger charge is -2.35. The fourth-order valence-electron chi connectivity index (χ4n) is 2.48. The average Bonchev–Trinajstić information content (AvgIpc) is 2.41. The number of piperidine rings is 1. The zero-order chi connectivity index (χ0) is 15.9. The molecule has 1 fully saturated rings. The van der Waals surface area contributed by atoms with Crippen molar-refractivity contribution in [3.63, 3.8) is 0 Å². The number of ketones is 1. The van der Waals surface area contributed by atoms with E-state index >= 15 is 0 Å². The number of carbonyl (C=O) groups is 2. The van der Waals surface area contributed by atoms with Gasteiger partial charge in [-0.25, -0.2) is 4.79 Å². The number of ether oxygens (including phenoxy) is 1. The molecule has 1 aliphatic rings. The summed E-state index contributed by atoms with van der Waals surface area (Å²) in [5.41, 5.74) is -0.522. The van der Waals surface area contributed by atoms with Crippen molar-refractivity contribution in [1.82, 2.24) is 4.90 Å². The van der Waals surface area contributed by atoms with Gasteiger partial charge in [-0.15, -0.1) is 0 Å². The molecule has 1 aliphatic heterocycles. The van der Waals surface area contributed by atoms with Crippen molar-refractivity contribution in [2.45, 2.75) is 77.9 Å². The van der Waals surface area contributed by atoms with Crippen molar-refractivity contribution in [2.24, 2.45) is 0 Å². The van der Waals surface area contributed by atoms with Gasteiger partial charge >= 0.3 is 6.09 Å². The number of allylic oxidation sites excluding steroid dienone is 2. The summed E-state index contributed by atoms with van der Waals surface area (Å²) in [5.74, 6) is 0.154. The molecule has 4 nitrogen and oxygen atoms in total. The second-order valence-electron chi connectivity index (χ2n) is 6.57. The molecule has 4 heteroatoms. The van der Waals surface area contributed by atoms with Crippen LogP contribution in [0.15, 0.2) is 12.2 Å². The molecular formula is C17H29NO3. The van der Waals surface area contributed by atoms with Crippen molar-refractivity contribution in [2.75, 3.05) is 6.54 Å². The van der Waals surface area contributed by atoms with Crippen LogP contribution >= 0.6 is 0 Å². The maximum absolute atomic E-state index is 12.4. The molecule has 0 bridgehead atoms. The third-order valence-electron chi connectivity index (χ3n) is 3.46. The van der Waals surface area contributed by atoms with E-state index in [1.807, 2.05) is 26.8 Å². The molecule has 0 spiro atoms. The normalized spacial score (nSPS) is 19.8. The van der Waals surface area contributed by atoms with Gasteiger partial charge in [0.2, 0.25) is 0 Å². The number of rotatable bonds is 5. The van der Waals surface area contributed by atoms with Gasteiger partial charge in [0.25, 0.3) is 0 Å². The lowest BCUT2D eigenvalue weighted by atomic mass is 9.96. The summed E-state index contributed by atoms with van der Waals surface area (Å²) in [7, 11) is 0. The second kappa shape index (κ2) is 8.20. The van der Waals surface area contributed by atoms with Crippen LogP contribution in [0.3, 0.4) is 0 Å². The van der Waals surface area contributed by atoms with E-state index in [2.05, 4.69) is 13.0 Å². The predicted molar refractivity (Wildman–Crippen MR) is 84.3 cm³/mol. The van der Waals surface area contributed by atoms with E-state index in [-0.39, 0.29) is 17.9 Å². The Balaban J connectivity index is 2.62. The van der Waals surface area contributed by atoms with Crippen molar-refractivity contribution in [3.8, 4) is 0 Å². The molecule has 0 aromatic rings. The van der Waals surface area contributed by atoms with Crippen LogP contribution in [0.4, 0.5) is 4.79 Å². The quantitative estimate of drug-likeness (QED) is 0.718. The van der Waals surface area contributed by atoms with E-state index in [1.54, 1.807) is 4.90 Å². The molecule has 21 heavy (non-hydrogen) atoms. The van der Waals surface area contributed by atoms with Gasteiger partial charge in [0.1, 0.15) is 5.60 Å². The molecule has 1 amide bonds. The first kappa shape index (κ1) is 17.7. The second-order valence-corrected chi connectivity index (χ2v) is 6.57. The minimum Gasteiger partial charge on any atom is -0.444 e. The molecule has 1 saturated heterocycles. The number of Topliss-reactive ketones (excluding diaryl/α,β-unsaturated/α-hetero) is 1. The first-order chi connectivity index (χ1) is 9.85. The number of likely N-dealkylation sites (tertiary alicyclic amines) is 1. The van der Waals surface area contributed by atoms with Crippen molar-refractivity contribution in [3.05, 3.63) is 12.2 Å². The van der Waals surface area contributed by atoms with Gasteiger partial charge in [-0.1, -0.05) is 19.1 Å². The SMILES string of the molecule is CC/C=C\CCC(=O)[C@H]1CCCCN1C(=O)OC(C)(C)C. The zero-order valence-electron chi connectivity index (χ0n) is 13.9. The highest BCUT2D eigenvalue weighted by Crippen LogP contribution is 2.22. The maximum atomic E-state index is 12.4. The zero-order valence-corrected chi connectivity index (χ0v) is 13.9. The molecule has 0 N–H and O–H groups in total. The number of nitrogens with zero attached hydrogens (tertiary/aromatic N) is 1. The minimum atomic E-state index is -0.522. The Bertz CT molecular complexity index is 382. The fraction of sp³-hybridized carbons (Fsp3) is 0.765. The summed E-state index contributed by atoms with van der Waals surface area (Å²) in [5, 5.41) is 0. The number of amides is 1. The summed E-state index contributed by atoms with van der Waals surface area (Å²) in [6.45, 7) is 8.24. The van der Waals surface area contributed by atoms with Crippen LogP contribution in [0.2, 0.25) is 0 Å². The largest absolute Gasteiger partial charge is 0.444 e. The summed E-state index contributed by atoms with van der Waals surface area (Å²) in [6, 6.07) is -0.302. The van der Waals surface area contributed by atoms with Gasteiger partial charge in [0.05, 0.1) is 6.04 Å². The summed E-state index contributed by atoms with van der Waals surface area (Å²) in [4.78, 5) is 26.2. The van der Waals surface area contributed by atoms with Gasteiger partial charge in [-0.05, 0) is 52.9 Å². The Hall–Kier alpha value is -1.32. The molecule has 1 heterocycles. The Kier molecular flexibility index (Phi) is 6.93. The highest BCUT2D eigenvalue weighted by atomic mass is 16.6. The lowest BCUT2D eigenvalue weighted by molar-refractivity contribution is -0.125. The Morgan fingerprint density at radius 1 is 1.24 bits per heavy atom. The molecule has 0 radical (unpaired) electrons. The van der Waals surface area contributed by atoms with E-state index in [0.29, 0.717) is 13.0 Å². The van der Waals surface area contributed by atoms with Gasteiger partial charge in [-0.2, -0.15) is 0 Å². The molecule has 0 aliphatic carbocycles. The Labute approximate surface area is 128 Å². The minimum absolute atomic E-state index is 0.154. The van der Waals surface area contributed by atoms with Crippen LogP contribution in [0.5, 0.6) is 0 Å². The van der Waals surface area contributed by atoms with Crippen LogP contribution in [0.1, 0.15) is 66.2 Å². The van der Waals surface area contributed by atoms with Crippen LogP contribution in [0, 0.1) is 0 Å². The van der Waals surface area contributed by atoms with Crippen molar-refractivity contribution >= 4 is 11.9 Å². The summed E-state index contributed by atoms with van der Waals surface area (Å²) >= 11 is 0. The van der Waals surface area contributed by atoms with E-state index in [9.17, 15) is 9.59 Å². The molecule has 0 saturated carbocycles. The smallest absolute Gasteiger partial charge is 0.410 e. The molecule has 0 unspecified atom stereocenters. The van der Waals surface area contributed by atoms with E-state index in [4.69, 9.17) is 4.74 Å². The molecular weight excluding hydrogens is 266 g/mol. The van der Waals surface area contributed by atoms with E-state index in [0.717, 1.165) is 32.1 Å². The van der Waals surface area contributed by atoms with Gasteiger partial charge in [-0.3, -0.25) is 9.69 Å². The number of carbonyl (C=O) groups excluding carboxylic acids is 2. The monoisotopic (exact) mass is 295 g/mol. The Morgan fingerprint density at radius 2 is 1.95 bits per heavy atom. The molecule has 120 valence electrons. The average molecular weight is 295 g/mol. The fourth-order valence-corrected chi connectivity index (χ4v) is 2.48. The molecule has 0 aromatic carbocycles. The number of hydrogen-bond donors (Lipinski definition) is 0. The first-order valence-corrected chi connectivity index (χ1v) is 8.02. The van der Waals surface area contributed by atoms with E-state index < -0.39 is 5.60 Å². The third-order valence-corrected chi connectivity index (χ3v) is 3.46. The van der Waals surface area contributed by atoms with Crippen LogP contribution < -0.4 is 0 Å². The topological polar surface area (TPSA) is 46.6 Å². The molecule has 0 aromatic heterocycles. The van der Waals surface area contributed by atoms with Crippen LogP contribution in [0.25, 0.3) is 0 Å². The summed E-state index contributed by atoms with van der Waals surface area (Å²) < 4.78 is 5.42. The van der Waals surface area contributed by atoms with Gasteiger partial charge < -0.3 is 4.74 Å². The third kappa shape index (κ3) is 6.32. The van der Waals surface area contributed by atoms with Gasteiger partial charge in [0.15, 0.2) is 5.78 Å². The predicted octanol–water partition coefficient (Wildman–Crippen LogP) is 4.09. The van der Waals surface area contributed by atoms with E-state index in [1.165, 1.54) is 0 Å². The van der Waals surface area contributed by atoms with Crippen molar-refractivity contribution < 1.29 is 14.3 Å².